The van der Waals surface area contributed by atoms with Gasteiger partial charge in [-0.25, -0.2) is 9.37 Å². The summed E-state index contributed by atoms with van der Waals surface area (Å²) in [4.78, 5) is 20.3. The Morgan fingerprint density at radius 3 is 2.40 bits per heavy atom. The molecule has 0 aliphatic heterocycles. The van der Waals surface area contributed by atoms with Gasteiger partial charge in [-0.2, -0.15) is 0 Å². The van der Waals surface area contributed by atoms with Crippen molar-refractivity contribution in [2.45, 2.75) is 6.42 Å². The maximum Gasteiger partial charge on any atom is 0.257 e. The molecule has 4 rings (SSSR count). The molecular formula is C21H12Cl4FN3O. The van der Waals surface area contributed by atoms with E-state index < -0.39 is 11.7 Å². The molecule has 9 heteroatoms. The monoisotopic (exact) mass is 481 g/mol. The van der Waals surface area contributed by atoms with Gasteiger partial charge in [0, 0.05) is 22.2 Å². The minimum atomic E-state index is -0.633. The fraction of sp³-hybridized carbons (Fsp3) is 0.0476. The molecule has 0 atom stereocenters. The highest BCUT2D eigenvalue weighted by Gasteiger charge is 2.16. The van der Waals surface area contributed by atoms with Crippen molar-refractivity contribution >= 4 is 69.0 Å². The Hall–Kier alpha value is -2.31. The molecule has 152 valence electrons. The van der Waals surface area contributed by atoms with Gasteiger partial charge in [0.15, 0.2) is 0 Å². The van der Waals surface area contributed by atoms with E-state index in [1.54, 1.807) is 30.3 Å². The summed E-state index contributed by atoms with van der Waals surface area (Å²) >= 11 is 24.4. The average molecular weight is 483 g/mol. The van der Waals surface area contributed by atoms with Crippen molar-refractivity contribution in [3.63, 3.8) is 0 Å². The van der Waals surface area contributed by atoms with Crippen LogP contribution in [0.1, 0.15) is 21.7 Å². The predicted molar refractivity (Wildman–Crippen MR) is 120 cm³/mol. The van der Waals surface area contributed by atoms with Crippen LogP contribution in [0.15, 0.2) is 48.5 Å². The molecule has 30 heavy (non-hydrogen) atoms. The van der Waals surface area contributed by atoms with Crippen molar-refractivity contribution in [1.29, 1.82) is 0 Å². The smallest absolute Gasteiger partial charge is 0.257 e. The Kier molecular flexibility index (Phi) is 5.89. The normalized spacial score (nSPS) is 11.1. The molecule has 3 aromatic carbocycles. The van der Waals surface area contributed by atoms with Crippen LogP contribution < -0.4 is 5.32 Å². The largest absolute Gasteiger partial charge is 0.342 e. The summed E-state index contributed by atoms with van der Waals surface area (Å²) in [5, 5.41) is 3.87. The van der Waals surface area contributed by atoms with Crippen LogP contribution in [0, 0.1) is 5.82 Å². The molecule has 1 amide bonds. The molecule has 0 radical (unpaired) electrons. The number of hydrogen-bond acceptors (Lipinski definition) is 2. The molecule has 4 aromatic rings. The number of fused-ring (bicyclic) bond motifs is 1. The number of hydrogen-bond donors (Lipinski definition) is 2. The number of nitrogens with zero attached hydrogens (tertiary/aromatic N) is 1. The van der Waals surface area contributed by atoms with Gasteiger partial charge >= 0.3 is 0 Å². The molecule has 0 fully saturated rings. The lowest BCUT2D eigenvalue weighted by Crippen LogP contribution is -2.12. The third kappa shape index (κ3) is 4.25. The van der Waals surface area contributed by atoms with Crippen LogP contribution in [-0.4, -0.2) is 15.9 Å². The molecule has 1 aromatic heterocycles. The van der Waals surface area contributed by atoms with Gasteiger partial charge in [0.2, 0.25) is 0 Å². The van der Waals surface area contributed by atoms with Gasteiger partial charge in [-0.1, -0.05) is 52.5 Å². The number of aromatic amines is 1. The zero-order chi connectivity index (χ0) is 21.4. The molecule has 0 unspecified atom stereocenters. The third-order valence-corrected chi connectivity index (χ3v) is 5.78. The Morgan fingerprint density at radius 1 is 0.967 bits per heavy atom. The van der Waals surface area contributed by atoms with Gasteiger partial charge in [0.05, 0.1) is 26.6 Å². The molecule has 0 aliphatic rings. The summed E-state index contributed by atoms with van der Waals surface area (Å²) in [5.74, 6) is -0.512. The number of imidazole rings is 1. The second-order valence-electron chi connectivity index (χ2n) is 6.49. The summed E-state index contributed by atoms with van der Waals surface area (Å²) in [5.41, 5.74) is 2.41. The molecule has 0 saturated carbocycles. The van der Waals surface area contributed by atoms with Crippen molar-refractivity contribution in [1.82, 2.24) is 9.97 Å². The number of amides is 1. The van der Waals surface area contributed by atoms with Crippen LogP contribution in [0.2, 0.25) is 20.1 Å². The second-order valence-corrected chi connectivity index (χ2v) is 8.12. The number of H-pyrrole nitrogens is 1. The van der Waals surface area contributed by atoms with Crippen LogP contribution in [0.3, 0.4) is 0 Å². The molecule has 0 spiro atoms. The third-order valence-electron chi connectivity index (χ3n) is 4.45. The van der Waals surface area contributed by atoms with Crippen LogP contribution in [-0.2, 0) is 6.42 Å². The van der Waals surface area contributed by atoms with Gasteiger partial charge in [-0.05, 0) is 48.0 Å². The first-order valence-corrected chi connectivity index (χ1v) is 10.2. The summed E-state index contributed by atoms with van der Waals surface area (Å²) in [6, 6.07) is 12.4. The number of carbonyl (C=O) groups is 1. The SMILES string of the molecule is O=C(Nc1ccc(Cl)c(F)c1)c1cc2nc(Cc3c(Cl)cccc3Cl)[nH]c2cc1Cl. The minimum absolute atomic E-state index is 0.0323. The number of benzene rings is 3. The predicted octanol–water partition coefficient (Wildman–Crippen LogP) is 7.16. The van der Waals surface area contributed by atoms with Crippen molar-refractivity contribution in [3.8, 4) is 0 Å². The first kappa shape index (κ1) is 20.9. The van der Waals surface area contributed by atoms with E-state index in [0.29, 0.717) is 33.3 Å². The summed E-state index contributed by atoms with van der Waals surface area (Å²) in [6.07, 6.45) is 0.385. The quantitative estimate of drug-likeness (QED) is 0.324. The molecule has 0 aliphatic carbocycles. The fourth-order valence-corrected chi connectivity index (χ4v) is 3.88. The Balaban J connectivity index is 1.63. The number of carbonyl (C=O) groups excluding carboxylic acids is 1. The van der Waals surface area contributed by atoms with E-state index in [4.69, 9.17) is 46.4 Å². The maximum atomic E-state index is 13.6. The van der Waals surface area contributed by atoms with E-state index in [9.17, 15) is 9.18 Å². The van der Waals surface area contributed by atoms with Crippen LogP contribution in [0.4, 0.5) is 10.1 Å². The highest BCUT2D eigenvalue weighted by atomic mass is 35.5. The first-order valence-electron chi connectivity index (χ1n) is 8.69. The highest BCUT2D eigenvalue weighted by Crippen LogP contribution is 2.29. The molecule has 4 nitrogen and oxygen atoms in total. The fourth-order valence-electron chi connectivity index (χ4n) is 2.98. The van der Waals surface area contributed by atoms with E-state index in [2.05, 4.69) is 15.3 Å². The van der Waals surface area contributed by atoms with Gasteiger partial charge in [-0.3, -0.25) is 4.79 Å². The lowest BCUT2D eigenvalue weighted by Gasteiger charge is -2.07. The van der Waals surface area contributed by atoms with E-state index in [1.165, 1.54) is 12.1 Å². The first-order chi connectivity index (χ1) is 14.3. The lowest BCUT2D eigenvalue weighted by atomic mass is 10.1. The van der Waals surface area contributed by atoms with Gasteiger partial charge in [0.25, 0.3) is 5.91 Å². The van der Waals surface area contributed by atoms with Crippen molar-refractivity contribution in [3.05, 3.63) is 91.4 Å². The van der Waals surface area contributed by atoms with Crippen molar-refractivity contribution in [2.75, 3.05) is 5.32 Å². The summed E-state index contributed by atoms with van der Waals surface area (Å²) in [7, 11) is 0. The van der Waals surface area contributed by atoms with Gasteiger partial charge in [0.1, 0.15) is 11.6 Å². The van der Waals surface area contributed by atoms with Crippen LogP contribution in [0.5, 0.6) is 0 Å². The number of anilines is 1. The molecule has 1 heterocycles. The average Bonchev–Trinajstić information content (AvgIpc) is 3.08. The van der Waals surface area contributed by atoms with E-state index in [0.717, 1.165) is 11.6 Å². The van der Waals surface area contributed by atoms with Crippen LogP contribution in [0.25, 0.3) is 11.0 Å². The summed E-state index contributed by atoms with van der Waals surface area (Å²) < 4.78 is 13.6. The van der Waals surface area contributed by atoms with E-state index in [1.807, 2.05) is 0 Å². The Morgan fingerprint density at radius 2 is 1.70 bits per heavy atom. The number of nitrogens with one attached hydrogen (secondary N) is 2. The maximum absolute atomic E-state index is 13.6. The highest BCUT2D eigenvalue weighted by molar-refractivity contribution is 6.36. The molecule has 0 saturated heterocycles. The lowest BCUT2D eigenvalue weighted by molar-refractivity contribution is 0.102. The van der Waals surface area contributed by atoms with Crippen LogP contribution >= 0.6 is 46.4 Å². The van der Waals surface area contributed by atoms with Gasteiger partial charge in [-0.15, -0.1) is 0 Å². The van der Waals surface area contributed by atoms with E-state index >= 15 is 0 Å². The summed E-state index contributed by atoms with van der Waals surface area (Å²) in [6.45, 7) is 0. The van der Waals surface area contributed by atoms with E-state index in [-0.39, 0.29) is 21.3 Å². The topological polar surface area (TPSA) is 57.8 Å². The molecule has 2 N–H and O–H groups in total. The zero-order valence-corrected chi connectivity index (χ0v) is 18.1. The zero-order valence-electron chi connectivity index (χ0n) is 15.1. The number of rotatable bonds is 4. The second kappa shape index (κ2) is 8.44. The molecule has 0 bridgehead atoms. The van der Waals surface area contributed by atoms with Crippen molar-refractivity contribution < 1.29 is 9.18 Å². The number of aromatic nitrogens is 2. The van der Waals surface area contributed by atoms with Gasteiger partial charge < -0.3 is 10.3 Å². The van der Waals surface area contributed by atoms with Crippen molar-refractivity contribution in [2.24, 2.45) is 0 Å². The molecular weight excluding hydrogens is 471 g/mol. The minimum Gasteiger partial charge on any atom is -0.342 e. The Labute approximate surface area is 190 Å². The Bertz CT molecular complexity index is 1270. The number of halogens is 5. The standard InChI is InChI=1S/C21H12Cl4FN3O/c22-13-2-1-3-14(23)11(13)8-20-28-18-7-12(16(25)9-19(18)29-20)21(30)27-10-4-5-15(24)17(26)6-10/h1-7,9H,8H2,(H,27,30)(H,28,29).